The number of hydrogen-bond donors (Lipinski definition) is 0. The van der Waals surface area contributed by atoms with Crippen LogP contribution >= 0.6 is 11.6 Å². The van der Waals surface area contributed by atoms with Gasteiger partial charge in [-0.15, -0.1) is 0 Å². The topological polar surface area (TPSA) is 34.9 Å². The van der Waals surface area contributed by atoms with Gasteiger partial charge in [0.1, 0.15) is 11.6 Å². The molecule has 120 valence electrons. The van der Waals surface area contributed by atoms with E-state index in [2.05, 4.69) is 4.98 Å². The second-order valence-corrected chi connectivity index (χ2v) is 5.01. The highest BCUT2D eigenvalue weighted by Crippen LogP contribution is 2.18. The third kappa shape index (κ3) is 3.40. The van der Waals surface area contributed by atoms with Gasteiger partial charge in [0.25, 0.3) is 5.56 Å². The maximum absolute atomic E-state index is 13.3. The normalized spacial score (nSPS) is 10.3. The number of benzene rings is 2. The van der Waals surface area contributed by atoms with E-state index in [4.69, 9.17) is 11.6 Å². The van der Waals surface area contributed by atoms with Gasteiger partial charge in [0.05, 0.1) is 16.6 Å². The molecule has 1 heterocycles. The molecule has 23 heavy (non-hydrogen) atoms. The van der Waals surface area contributed by atoms with E-state index in [1.165, 1.54) is 0 Å². The van der Waals surface area contributed by atoms with Crippen LogP contribution in [0.15, 0.2) is 41.2 Å². The van der Waals surface area contributed by atoms with Gasteiger partial charge in [-0.3, -0.25) is 9.36 Å². The number of rotatable bonds is 1. The van der Waals surface area contributed by atoms with Crippen molar-refractivity contribution in [3.8, 4) is 5.69 Å². The van der Waals surface area contributed by atoms with E-state index in [0.29, 0.717) is 10.9 Å². The predicted molar refractivity (Wildman–Crippen MR) is 88.4 cm³/mol. The molecule has 3 rings (SSSR count). The molecule has 0 radical (unpaired) electrons. The van der Waals surface area contributed by atoms with Gasteiger partial charge in [0.15, 0.2) is 0 Å². The Balaban J connectivity index is 0.000000924. The number of hydrogen-bond acceptors (Lipinski definition) is 2. The van der Waals surface area contributed by atoms with Gasteiger partial charge in [-0.2, -0.15) is 0 Å². The Hall–Kier alpha value is -2.27. The Labute approximate surface area is 137 Å². The Morgan fingerprint density at radius 2 is 1.65 bits per heavy atom. The summed E-state index contributed by atoms with van der Waals surface area (Å²) < 4.78 is 27.7. The van der Waals surface area contributed by atoms with Gasteiger partial charge < -0.3 is 0 Å². The van der Waals surface area contributed by atoms with E-state index in [-0.39, 0.29) is 11.0 Å². The molecule has 0 aliphatic heterocycles. The highest BCUT2D eigenvalue weighted by Gasteiger charge is 2.13. The van der Waals surface area contributed by atoms with Crippen molar-refractivity contribution < 1.29 is 8.78 Å². The minimum Gasteiger partial charge on any atom is -0.268 e. The predicted octanol–water partition coefficient (Wildman–Crippen LogP) is 4.65. The molecule has 3 aromatic rings. The van der Waals surface area contributed by atoms with Crippen molar-refractivity contribution in [2.24, 2.45) is 0 Å². The molecule has 0 N–H and O–H groups in total. The number of aryl methyl sites for hydroxylation is 1. The fourth-order valence-corrected chi connectivity index (χ4v) is 2.43. The standard InChI is InChI=1S/C15H9ClF2N2O.C2H6/c1-8-2-3-13-12(4-8)14(21)20(15(16)19-13)11-6-9(17)5-10(18)7-11;1-2/h2-7H,1H3;1-2H3. The molecule has 0 bridgehead atoms. The molecule has 0 saturated carbocycles. The number of halogens is 3. The van der Waals surface area contributed by atoms with Gasteiger partial charge in [-0.25, -0.2) is 13.8 Å². The van der Waals surface area contributed by atoms with E-state index < -0.39 is 17.2 Å². The summed E-state index contributed by atoms with van der Waals surface area (Å²) in [6.07, 6.45) is 0. The summed E-state index contributed by atoms with van der Waals surface area (Å²) in [6, 6.07) is 7.92. The fourth-order valence-electron chi connectivity index (χ4n) is 2.16. The van der Waals surface area contributed by atoms with Crippen LogP contribution in [-0.2, 0) is 0 Å². The molecular formula is C17H15ClF2N2O. The van der Waals surface area contributed by atoms with Crippen molar-refractivity contribution in [2.45, 2.75) is 20.8 Å². The SMILES string of the molecule is CC.Cc1ccc2nc(Cl)n(-c3cc(F)cc(F)c3)c(=O)c2c1. The van der Waals surface area contributed by atoms with Crippen molar-refractivity contribution in [2.75, 3.05) is 0 Å². The molecule has 3 nitrogen and oxygen atoms in total. The van der Waals surface area contributed by atoms with Crippen molar-refractivity contribution in [1.82, 2.24) is 9.55 Å². The van der Waals surface area contributed by atoms with Crippen LogP contribution in [-0.4, -0.2) is 9.55 Å². The first-order chi connectivity index (χ1) is 11.0. The smallest absolute Gasteiger partial charge is 0.266 e. The Kier molecular flexibility index (Phi) is 5.11. The van der Waals surface area contributed by atoms with Crippen molar-refractivity contribution in [3.05, 3.63) is 69.2 Å². The maximum atomic E-state index is 13.3. The lowest BCUT2D eigenvalue weighted by molar-refractivity contribution is 0.581. The summed E-state index contributed by atoms with van der Waals surface area (Å²) in [5.41, 5.74) is 0.835. The minimum absolute atomic E-state index is 0.00148. The molecule has 0 saturated heterocycles. The van der Waals surface area contributed by atoms with Crippen LogP contribution in [0.4, 0.5) is 8.78 Å². The summed E-state index contributed by atoms with van der Waals surface area (Å²) in [5, 5.41) is 0.186. The van der Waals surface area contributed by atoms with E-state index in [0.717, 1.165) is 28.3 Å². The van der Waals surface area contributed by atoms with E-state index in [1.807, 2.05) is 20.8 Å². The average Bonchev–Trinajstić information content (AvgIpc) is 2.49. The zero-order valence-corrected chi connectivity index (χ0v) is 13.7. The van der Waals surface area contributed by atoms with Crippen LogP contribution in [0.3, 0.4) is 0 Å². The molecular weight excluding hydrogens is 322 g/mol. The second-order valence-electron chi connectivity index (χ2n) is 4.67. The minimum atomic E-state index is -0.794. The molecule has 0 aliphatic carbocycles. The van der Waals surface area contributed by atoms with Crippen LogP contribution in [0, 0.1) is 18.6 Å². The van der Waals surface area contributed by atoms with Crippen LogP contribution in [0.2, 0.25) is 5.28 Å². The maximum Gasteiger partial charge on any atom is 0.266 e. The highest BCUT2D eigenvalue weighted by atomic mass is 35.5. The van der Waals surface area contributed by atoms with Gasteiger partial charge in [-0.1, -0.05) is 25.5 Å². The second kappa shape index (κ2) is 6.87. The molecule has 0 spiro atoms. The van der Waals surface area contributed by atoms with Crippen LogP contribution < -0.4 is 5.56 Å². The zero-order valence-electron chi connectivity index (χ0n) is 12.9. The third-order valence-electron chi connectivity index (χ3n) is 3.09. The first-order valence-corrected chi connectivity index (χ1v) is 7.49. The first-order valence-electron chi connectivity index (χ1n) is 7.11. The van der Waals surface area contributed by atoms with Gasteiger partial charge in [-0.05, 0) is 42.8 Å². The largest absolute Gasteiger partial charge is 0.268 e. The van der Waals surface area contributed by atoms with E-state index in [9.17, 15) is 13.6 Å². The molecule has 6 heteroatoms. The van der Waals surface area contributed by atoms with Crippen molar-refractivity contribution >= 4 is 22.5 Å². The highest BCUT2D eigenvalue weighted by molar-refractivity contribution is 6.29. The first kappa shape index (κ1) is 17.1. The van der Waals surface area contributed by atoms with E-state index >= 15 is 0 Å². The molecule has 1 aromatic heterocycles. The zero-order chi connectivity index (χ0) is 17.1. The summed E-state index contributed by atoms with van der Waals surface area (Å²) in [6.45, 7) is 5.83. The van der Waals surface area contributed by atoms with Gasteiger partial charge in [0.2, 0.25) is 5.28 Å². The number of fused-ring (bicyclic) bond motifs is 1. The van der Waals surface area contributed by atoms with Gasteiger partial charge in [0, 0.05) is 6.07 Å². The Bertz CT molecular complexity index is 902. The van der Waals surface area contributed by atoms with Crippen LogP contribution in [0.1, 0.15) is 19.4 Å². The molecule has 0 aliphatic rings. The fraction of sp³-hybridized carbons (Fsp3) is 0.176. The molecule has 0 fully saturated rings. The van der Waals surface area contributed by atoms with Crippen molar-refractivity contribution in [3.63, 3.8) is 0 Å². The van der Waals surface area contributed by atoms with Crippen LogP contribution in [0.25, 0.3) is 16.6 Å². The lowest BCUT2D eigenvalue weighted by Gasteiger charge is -2.10. The average molecular weight is 337 g/mol. The Morgan fingerprint density at radius 1 is 1.04 bits per heavy atom. The van der Waals surface area contributed by atoms with Crippen LogP contribution in [0.5, 0.6) is 0 Å². The van der Waals surface area contributed by atoms with Gasteiger partial charge >= 0.3 is 0 Å². The lowest BCUT2D eigenvalue weighted by atomic mass is 10.1. The van der Waals surface area contributed by atoms with Crippen molar-refractivity contribution in [1.29, 1.82) is 0 Å². The quantitative estimate of drug-likeness (QED) is 0.606. The summed E-state index contributed by atoms with van der Waals surface area (Å²) in [7, 11) is 0. The van der Waals surface area contributed by atoms with E-state index in [1.54, 1.807) is 18.2 Å². The molecule has 2 aromatic carbocycles. The molecule has 0 unspecified atom stereocenters. The number of aromatic nitrogens is 2. The summed E-state index contributed by atoms with van der Waals surface area (Å²) >= 11 is 5.99. The number of nitrogens with zero attached hydrogens (tertiary/aromatic N) is 2. The molecule has 0 amide bonds. The monoisotopic (exact) mass is 336 g/mol. The third-order valence-corrected chi connectivity index (χ3v) is 3.34. The molecule has 0 atom stereocenters. The summed E-state index contributed by atoms with van der Waals surface area (Å²) in [5.74, 6) is -1.59. The Morgan fingerprint density at radius 3 is 2.26 bits per heavy atom. The summed E-state index contributed by atoms with van der Waals surface area (Å²) in [4.78, 5) is 16.6. The lowest BCUT2D eigenvalue weighted by Crippen LogP contribution is -2.21.